The number of anilines is 1. The van der Waals surface area contributed by atoms with Gasteiger partial charge in [-0.3, -0.25) is 14.4 Å². The number of carbonyl (C=O) groups excluding carboxylic acids is 3. The molecule has 1 aliphatic heterocycles. The van der Waals surface area contributed by atoms with Crippen molar-refractivity contribution in [3.8, 4) is 16.8 Å². The minimum atomic E-state index is -0.663. The second-order valence-corrected chi connectivity index (χ2v) is 8.47. The molecule has 1 aromatic heterocycles. The van der Waals surface area contributed by atoms with Crippen molar-refractivity contribution in [2.45, 2.75) is 13.0 Å². The molecule has 0 aliphatic carbocycles. The van der Waals surface area contributed by atoms with Crippen LogP contribution in [0, 0.1) is 0 Å². The smallest absolute Gasteiger partial charge is 0.277 e. The van der Waals surface area contributed by atoms with Crippen molar-refractivity contribution >= 4 is 23.4 Å². The van der Waals surface area contributed by atoms with E-state index >= 15 is 0 Å². The van der Waals surface area contributed by atoms with Gasteiger partial charge in [0, 0.05) is 24.2 Å². The van der Waals surface area contributed by atoms with Crippen LogP contribution in [-0.2, 0) is 13.0 Å². The topological polar surface area (TPSA) is 150 Å². The van der Waals surface area contributed by atoms with E-state index in [0.29, 0.717) is 41.2 Å². The number of hydrogen-bond donors (Lipinski definition) is 3. The summed E-state index contributed by atoms with van der Waals surface area (Å²) in [7, 11) is 0. The second kappa shape index (κ2) is 9.12. The van der Waals surface area contributed by atoms with E-state index in [2.05, 4.69) is 5.10 Å². The summed E-state index contributed by atoms with van der Waals surface area (Å²) >= 11 is 0. The van der Waals surface area contributed by atoms with E-state index in [-0.39, 0.29) is 18.0 Å². The van der Waals surface area contributed by atoms with E-state index < -0.39 is 11.8 Å². The molecule has 0 unspecified atom stereocenters. The van der Waals surface area contributed by atoms with Gasteiger partial charge < -0.3 is 22.1 Å². The minimum absolute atomic E-state index is 0.0709. The van der Waals surface area contributed by atoms with Crippen LogP contribution in [-0.4, -0.2) is 34.0 Å². The van der Waals surface area contributed by atoms with Gasteiger partial charge in [0.05, 0.1) is 23.1 Å². The lowest BCUT2D eigenvalue weighted by Crippen LogP contribution is -2.40. The van der Waals surface area contributed by atoms with E-state index in [9.17, 15) is 14.4 Å². The summed E-state index contributed by atoms with van der Waals surface area (Å²) in [6, 6.07) is 19.7. The van der Waals surface area contributed by atoms with E-state index in [0.717, 1.165) is 16.7 Å². The zero-order valence-electron chi connectivity index (χ0n) is 19.3. The highest BCUT2D eigenvalue weighted by atomic mass is 16.2. The van der Waals surface area contributed by atoms with Crippen molar-refractivity contribution in [3.05, 3.63) is 101 Å². The van der Waals surface area contributed by atoms with Crippen molar-refractivity contribution in [1.82, 2.24) is 9.78 Å². The first kappa shape index (κ1) is 23.0. The van der Waals surface area contributed by atoms with Crippen LogP contribution >= 0.6 is 0 Å². The first-order chi connectivity index (χ1) is 17.4. The molecule has 0 radical (unpaired) electrons. The van der Waals surface area contributed by atoms with Gasteiger partial charge in [0.1, 0.15) is 5.69 Å². The number of primary amides is 2. The third kappa shape index (κ3) is 3.81. The first-order valence-corrected chi connectivity index (χ1v) is 11.4. The molecule has 0 spiro atoms. The van der Waals surface area contributed by atoms with Crippen LogP contribution in [0.5, 0.6) is 0 Å². The highest BCUT2D eigenvalue weighted by Gasteiger charge is 2.33. The van der Waals surface area contributed by atoms with Crippen LogP contribution < -0.4 is 22.1 Å². The maximum absolute atomic E-state index is 13.8. The molecule has 3 aromatic carbocycles. The molecule has 36 heavy (non-hydrogen) atoms. The number of rotatable bonds is 6. The second-order valence-electron chi connectivity index (χ2n) is 8.47. The Morgan fingerprint density at radius 2 is 1.72 bits per heavy atom. The summed E-state index contributed by atoms with van der Waals surface area (Å²) < 4.78 is 1.49. The normalized spacial score (nSPS) is 12.9. The van der Waals surface area contributed by atoms with Crippen molar-refractivity contribution in [3.63, 3.8) is 0 Å². The van der Waals surface area contributed by atoms with Gasteiger partial charge in [0.2, 0.25) is 5.91 Å². The monoisotopic (exact) mass is 480 g/mol. The van der Waals surface area contributed by atoms with E-state index in [4.69, 9.17) is 17.2 Å². The molecule has 4 aromatic rings. The Morgan fingerprint density at radius 3 is 2.42 bits per heavy atom. The van der Waals surface area contributed by atoms with Crippen LogP contribution in [0.3, 0.4) is 0 Å². The summed E-state index contributed by atoms with van der Waals surface area (Å²) in [6.45, 7) is 0.412. The molecule has 1 aliphatic rings. The fraction of sp³-hybridized carbons (Fsp3) is 0.111. The van der Waals surface area contributed by atoms with Crippen molar-refractivity contribution < 1.29 is 14.4 Å². The molecule has 0 atom stereocenters. The van der Waals surface area contributed by atoms with Gasteiger partial charge in [0.15, 0.2) is 0 Å². The zero-order chi connectivity index (χ0) is 25.4. The number of nitrogens with zero attached hydrogens (tertiary/aromatic N) is 3. The van der Waals surface area contributed by atoms with Crippen LogP contribution in [0.15, 0.2) is 72.9 Å². The third-order valence-corrected chi connectivity index (χ3v) is 6.39. The predicted molar refractivity (Wildman–Crippen MR) is 136 cm³/mol. The number of carbonyl (C=O) groups is 3. The SMILES string of the molecule is NCc1c(-c2ccccc2)ccc(N2CCc3cnn(-c4cccc(C(N)=O)c4)c3C2=O)c1C(N)=O. The van der Waals surface area contributed by atoms with Crippen molar-refractivity contribution in [2.24, 2.45) is 17.2 Å². The largest absolute Gasteiger partial charge is 0.366 e. The summed E-state index contributed by atoms with van der Waals surface area (Å²) in [5.74, 6) is -1.58. The lowest BCUT2D eigenvalue weighted by molar-refractivity contribution is 0.0970. The van der Waals surface area contributed by atoms with Crippen LogP contribution in [0.2, 0.25) is 0 Å². The summed E-state index contributed by atoms with van der Waals surface area (Å²) in [5.41, 5.74) is 22.2. The molecule has 2 heterocycles. The summed E-state index contributed by atoms with van der Waals surface area (Å²) in [5, 5.41) is 4.40. The van der Waals surface area contributed by atoms with Crippen LogP contribution in [0.1, 0.15) is 42.3 Å². The molecular weight excluding hydrogens is 456 g/mol. The minimum Gasteiger partial charge on any atom is -0.366 e. The molecule has 3 amide bonds. The van der Waals surface area contributed by atoms with E-state index in [1.54, 1.807) is 36.5 Å². The van der Waals surface area contributed by atoms with Crippen LogP contribution in [0.4, 0.5) is 5.69 Å². The maximum Gasteiger partial charge on any atom is 0.277 e. The summed E-state index contributed by atoms with van der Waals surface area (Å²) in [4.78, 5) is 39.7. The molecule has 0 fully saturated rings. The average molecular weight is 481 g/mol. The molecule has 6 N–H and O–H groups in total. The van der Waals surface area contributed by atoms with Gasteiger partial charge in [-0.25, -0.2) is 4.68 Å². The fourth-order valence-corrected chi connectivity index (χ4v) is 4.71. The molecule has 9 heteroatoms. The molecule has 0 saturated carbocycles. The Hall–Kier alpha value is -4.76. The molecule has 0 saturated heterocycles. The van der Waals surface area contributed by atoms with Crippen molar-refractivity contribution in [2.75, 3.05) is 11.4 Å². The Morgan fingerprint density at radius 1 is 0.944 bits per heavy atom. The molecular formula is C27H24N6O3. The van der Waals surface area contributed by atoms with E-state index in [1.807, 2.05) is 36.4 Å². The lowest BCUT2D eigenvalue weighted by Gasteiger charge is -2.30. The number of aromatic nitrogens is 2. The Kier molecular flexibility index (Phi) is 5.83. The Balaban J connectivity index is 1.62. The van der Waals surface area contributed by atoms with Crippen molar-refractivity contribution in [1.29, 1.82) is 0 Å². The molecule has 5 rings (SSSR count). The van der Waals surface area contributed by atoms with Gasteiger partial charge in [-0.1, -0.05) is 42.5 Å². The third-order valence-electron chi connectivity index (χ3n) is 6.39. The number of amides is 3. The zero-order valence-corrected chi connectivity index (χ0v) is 19.3. The van der Waals surface area contributed by atoms with Gasteiger partial charge >= 0.3 is 0 Å². The first-order valence-electron chi connectivity index (χ1n) is 11.4. The highest BCUT2D eigenvalue weighted by Crippen LogP contribution is 2.35. The quantitative estimate of drug-likeness (QED) is 0.387. The fourth-order valence-electron chi connectivity index (χ4n) is 4.71. The Bertz CT molecular complexity index is 1510. The predicted octanol–water partition coefficient (Wildman–Crippen LogP) is 2.40. The lowest BCUT2D eigenvalue weighted by atomic mass is 9.92. The van der Waals surface area contributed by atoms with Gasteiger partial charge in [-0.2, -0.15) is 5.10 Å². The van der Waals surface area contributed by atoms with Gasteiger partial charge in [-0.05, 0) is 47.4 Å². The van der Waals surface area contributed by atoms with E-state index in [1.165, 1.54) is 9.58 Å². The van der Waals surface area contributed by atoms with Gasteiger partial charge in [0.25, 0.3) is 11.8 Å². The Labute approximate surface area is 207 Å². The van der Waals surface area contributed by atoms with Gasteiger partial charge in [-0.15, -0.1) is 0 Å². The number of fused-ring (bicyclic) bond motifs is 1. The number of nitrogens with two attached hydrogens (primary N) is 3. The summed E-state index contributed by atoms with van der Waals surface area (Å²) in [6.07, 6.45) is 2.16. The molecule has 0 bridgehead atoms. The average Bonchev–Trinajstić information content (AvgIpc) is 3.34. The number of hydrogen-bond acceptors (Lipinski definition) is 5. The number of benzene rings is 3. The maximum atomic E-state index is 13.8. The van der Waals surface area contributed by atoms with Crippen LogP contribution in [0.25, 0.3) is 16.8 Å². The highest BCUT2D eigenvalue weighted by molar-refractivity contribution is 6.12. The molecule has 9 nitrogen and oxygen atoms in total. The molecule has 180 valence electrons. The standard InChI is InChI=1S/C27H24N6O3/c28-14-21-20(16-5-2-1-3-6-16)9-10-22(23(21)26(30)35)32-12-11-18-15-31-33(24(18)27(32)36)19-8-4-7-17(13-19)25(29)34/h1-10,13,15H,11-12,14,28H2,(H2,29,34)(H2,30,35).